The molecule has 4 aromatic rings. The highest BCUT2D eigenvalue weighted by Crippen LogP contribution is 2.35. The van der Waals surface area contributed by atoms with Gasteiger partial charge in [-0.3, -0.25) is 4.79 Å². The van der Waals surface area contributed by atoms with E-state index in [0.717, 1.165) is 49.2 Å². The van der Waals surface area contributed by atoms with Crippen molar-refractivity contribution in [2.45, 2.75) is 42.7 Å². The molecule has 1 aliphatic rings. The minimum Gasteiger partial charge on any atom is -0.494 e. The molecule has 3 aromatic heterocycles. The third-order valence-corrected chi connectivity index (χ3v) is 8.22. The lowest BCUT2D eigenvalue weighted by atomic mass is 9.97. The number of aryl methyl sites for hydroxylation is 2. The van der Waals surface area contributed by atoms with Crippen LogP contribution in [0.3, 0.4) is 0 Å². The summed E-state index contributed by atoms with van der Waals surface area (Å²) in [6, 6.07) is 5.97. The van der Waals surface area contributed by atoms with Crippen LogP contribution in [0.4, 0.5) is 0 Å². The lowest BCUT2D eigenvalue weighted by Crippen LogP contribution is -2.12. The molecule has 5 nitrogen and oxygen atoms in total. The molecule has 1 aliphatic carbocycles. The Morgan fingerprint density at radius 1 is 1.21 bits per heavy atom. The summed E-state index contributed by atoms with van der Waals surface area (Å²) in [5.74, 6) is 2.19. The number of hydrogen-bond donors (Lipinski definition) is 1. The zero-order chi connectivity index (χ0) is 19.1. The van der Waals surface area contributed by atoms with Crippen LogP contribution in [0.15, 0.2) is 27.3 Å². The molecule has 144 valence electrons. The summed E-state index contributed by atoms with van der Waals surface area (Å²) in [6.07, 6.45) is 4.46. The van der Waals surface area contributed by atoms with E-state index in [2.05, 4.69) is 9.97 Å². The number of nitrogens with zero attached hydrogens (tertiary/aromatic N) is 2. The van der Waals surface area contributed by atoms with Crippen molar-refractivity contribution in [2.24, 2.45) is 0 Å². The van der Waals surface area contributed by atoms with Gasteiger partial charge in [-0.1, -0.05) is 11.8 Å². The molecule has 28 heavy (non-hydrogen) atoms. The second-order valence-corrected chi connectivity index (χ2v) is 10.1. The zero-order valence-corrected chi connectivity index (χ0v) is 17.9. The molecule has 0 radical (unpaired) electrons. The lowest BCUT2D eigenvalue weighted by Gasteiger charge is -2.09. The molecular weight excluding hydrogens is 410 g/mol. The Morgan fingerprint density at radius 2 is 2.11 bits per heavy atom. The largest absolute Gasteiger partial charge is 0.494 e. The first kappa shape index (κ1) is 18.1. The van der Waals surface area contributed by atoms with Gasteiger partial charge in [0, 0.05) is 4.88 Å². The van der Waals surface area contributed by atoms with Gasteiger partial charge in [0.05, 0.1) is 28.0 Å². The first-order chi connectivity index (χ1) is 13.7. The Morgan fingerprint density at radius 3 is 3.00 bits per heavy atom. The average Bonchev–Trinajstić information content (AvgIpc) is 3.27. The number of thiazole rings is 1. The molecule has 1 aromatic carbocycles. The molecule has 0 aliphatic heterocycles. The van der Waals surface area contributed by atoms with Crippen LogP contribution < -0.4 is 10.3 Å². The monoisotopic (exact) mass is 429 g/mol. The third kappa shape index (κ3) is 3.33. The first-order valence-corrected chi connectivity index (χ1v) is 12.0. The summed E-state index contributed by atoms with van der Waals surface area (Å²) in [4.78, 5) is 27.3. The Balaban J connectivity index is 1.39. The standard InChI is InChI=1S/C20H19N3O2S3/c1-2-25-11-7-8-13-15(9-11)28-20(21-13)26-10-16-22-18(24)17-12-5-3-4-6-14(12)27-19(17)23-16/h7-9H,2-6,10H2,1H3,(H,22,23,24). The Labute approximate surface area is 174 Å². The van der Waals surface area contributed by atoms with E-state index in [0.29, 0.717) is 12.4 Å². The molecule has 1 N–H and O–H groups in total. The average molecular weight is 430 g/mol. The maximum atomic E-state index is 12.7. The lowest BCUT2D eigenvalue weighted by molar-refractivity contribution is 0.341. The highest BCUT2D eigenvalue weighted by molar-refractivity contribution is 8.00. The molecule has 0 amide bonds. The predicted molar refractivity (Wildman–Crippen MR) is 117 cm³/mol. The van der Waals surface area contributed by atoms with Gasteiger partial charge in [0.1, 0.15) is 16.4 Å². The fourth-order valence-electron chi connectivity index (χ4n) is 3.61. The number of H-pyrrole nitrogens is 1. The summed E-state index contributed by atoms with van der Waals surface area (Å²) in [5.41, 5.74) is 2.21. The molecule has 0 fully saturated rings. The minimum absolute atomic E-state index is 0.00524. The molecule has 3 heterocycles. The molecule has 0 saturated heterocycles. The summed E-state index contributed by atoms with van der Waals surface area (Å²) < 4.78 is 7.64. The topological polar surface area (TPSA) is 67.9 Å². The first-order valence-electron chi connectivity index (χ1n) is 9.41. The normalized spacial score (nSPS) is 13.9. The van der Waals surface area contributed by atoms with Crippen LogP contribution in [0.5, 0.6) is 5.75 Å². The number of hydrogen-bond acceptors (Lipinski definition) is 7. The fourth-order valence-corrected chi connectivity index (χ4v) is 6.86. The molecule has 0 bridgehead atoms. The van der Waals surface area contributed by atoms with E-state index in [1.165, 1.54) is 23.3 Å². The van der Waals surface area contributed by atoms with Crippen molar-refractivity contribution >= 4 is 54.9 Å². The van der Waals surface area contributed by atoms with Gasteiger partial charge in [0.25, 0.3) is 5.56 Å². The van der Waals surface area contributed by atoms with Crippen LogP contribution in [0.1, 0.15) is 36.0 Å². The zero-order valence-electron chi connectivity index (χ0n) is 15.4. The maximum Gasteiger partial charge on any atom is 0.259 e. The van der Waals surface area contributed by atoms with E-state index in [1.54, 1.807) is 34.4 Å². The summed E-state index contributed by atoms with van der Waals surface area (Å²) in [6.45, 7) is 2.63. The van der Waals surface area contributed by atoms with Gasteiger partial charge >= 0.3 is 0 Å². The van der Waals surface area contributed by atoms with E-state index in [4.69, 9.17) is 9.72 Å². The number of fused-ring (bicyclic) bond motifs is 4. The number of benzene rings is 1. The van der Waals surface area contributed by atoms with Crippen molar-refractivity contribution in [2.75, 3.05) is 6.61 Å². The Hall–Kier alpha value is -1.90. The van der Waals surface area contributed by atoms with Gasteiger partial charge in [0.15, 0.2) is 4.34 Å². The van der Waals surface area contributed by atoms with Crippen LogP contribution in [-0.4, -0.2) is 21.6 Å². The summed E-state index contributed by atoms with van der Waals surface area (Å²) in [5, 5.41) is 0.817. The number of thiophene rings is 1. The molecule has 0 saturated carbocycles. The van der Waals surface area contributed by atoms with E-state index >= 15 is 0 Å². The van der Waals surface area contributed by atoms with Crippen molar-refractivity contribution in [3.63, 3.8) is 0 Å². The van der Waals surface area contributed by atoms with E-state index in [-0.39, 0.29) is 5.56 Å². The van der Waals surface area contributed by atoms with E-state index in [9.17, 15) is 4.79 Å². The van der Waals surface area contributed by atoms with Crippen LogP contribution in [0.25, 0.3) is 20.4 Å². The Kier molecular flexibility index (Phi) is 4.86. The van der Waals surface area contributed by atoms with Crippen LogP contribution in [0.2, 0.25) is 0 Å². The second-order valence-electron chi connectivity index (χ2n) is 6.73. The quantitative estimate of drug-likeness (QED) is 0.444. The predicted octanol–water partition coefficient (Wildman–Crippen LogP) is 5.16. The van der Waals surface area contributed by atoms with Gasteiger partial charge in [-0.15, -0.1) is 22.7 Å². The Bertz CT molecular complexity index is 1220. The third-order valence-electron chi connectivity index (χ3n) is 4.86. The highest BCUT2D eigenvalue weighted by Gasteiger charge is 2.20. The fraction of sp³-hybridized carbons (Fsp3) is 0.350. The number of rotatable bonds is 5. The number of aromatic nitrogens is 3. The van der Waals surface area contributed by atoms with Gasteiger partial charge in [-0.05, 0) is 56.4 Å². The molecule has 0 spiro atoms. The smallest absolute Gasteiger partial charge is 0.259 e. The highest BCUT2D eigenvalue weighted by atomic mass is 32.2. The van der Waals surface area contributed by atoms with Crippen molar-refractivity contribution in [3.05, 3.63) is 44.8 Å². The van der Waals surface area contributed by atoms with Gasteiger partial charge < -0.3 is 9.72 Å². The van der Waals surface area contributed by atoms with Gasteiger partial charge in [-0.2, -0.15) is 0 Å². The number of thioether (sulfide) groups is 1. The second kappa shape index (κ2) is 7.50. The van der Waals surface area contributed by atoms with Crippen molar-refractivity contribution < 1.29 is 4.74 Å². The molecule has 8 heteroatoms. The number of aromatic amines is 1. The van der Waals surface area contributed by atoms with E-state index in [1.807, 2.05) is 25.1 Å². The molecule has 0 atom stereocenters. The van der Waals surface area contributed by atoms with Gasteiger partial charge in [0.2, 0.25) is 0 Å². The minimum atomic E-state index is 0.00524. The van der Waals surface area contributed by atoms with E-state index < -0.39 is 0 Å². The molecule has 5 rings (SSSR count). The summed E-state index contributed by atoms with van der Waals surface area (Å²) in [7, 11) is 0. The van der Waals surface area contributed by atoms with Crippen LogP contribution >= 0.6 is 34.4 Å². The number of nitrogens with one attached hydrogen (secondary N) is 1. The summed E-state index contributed by atoms with van der Waals surface area (Å²) >= 11 is 4.94. The van der Waals surface area contributed by atoms with Gasteiger partial charge in [-0.25, -0.2) is 9.97 Å². The maximum absolute atomic E-state index is 12.7. The van der Waals surface area contributed by atoms with Crippen molar-refractivity contribution in [1.29, 1.82) is 0 Å². The molecule has 0 unspecified atom stereocenters. The SMILES string of the molecule is CCOc1ccc2nc(SCc3nc4sc5c(c4c(=O)[nH]3)CCCC5)sc2c1. The van der Waals surface area contributed by atoms with Crippen LogP contribution in [0, 0.1) is 0 Å². The molecular formula is C20H19N3O2S3. The van der Waals surface area contributed by atoms with Crippen LogP contribution in [-0.2, 0) is 18.6 Å². The van der Waals surface area contributed by atoms with Crippen molar-refractivity contribution in [3.8, 4) is 5.75 Å². The number of ether oxygens (including phenoxy) is 1. The van der Waals surface area contributed by atoms with Crippen molar-refractivity contribution in [1.82, 2.24) is 15.0 Å².